The lowest BCUT2D eigenvalue weighted by molar-refractivity contribution is -0.121. The van der Waals surface area contributed by atoms with Gasteiger partial charge in [-0.3, -0.25) is 4.79 Å². The zero-order valence-electron chi connectivity index (χ0n) is 14.3. The number of fused-ring (bicyclic) bond motifs is 1. The summed E-state index contributed by atoms with van der Waals surface area (Å²) in [5.41, 5.74) is 8.97. The minimum Gasteiger partial charge on any atom is -0.352 e. The number of aryl methyl sites for hydroxylation is 1. The first-order valence-electron chi connectivity index (χ1n) is 8.50. The quantitative estimate of drug-likeness (QED) is 0.521. The summed E-state index contributed by atoms with van der Waals surface area (Å²) in [5.74, 6) is -0.481. The van der Waals surface area contributed by atoms with Gasteiger partial charge in [-0.1, -0.05) is 18.2 Å². The Balaban J connectivity index is 1.47. The molecule has 0 unspecified atom stereocenters. The summed E-state index contributed by atoms with van der Waals surface area (Å²) in [7, 11) is 0. The maximum atomic E-state index is 13.9. The molecule has 3 aromatic rings. The van der Waals surface area contributed by atoms with Crippen LogP contribution < -0.4 is 16.7 Å². The fourth-order valence-electron chi connectivity index (χ4n) is 2.83. The number of rotatable bonds is 7. The number of aromatic amines is 2. The van der Waals surface area contributed by atoms with Crippen molar-refractivity contribution in [1.82, 2.24) is 15.3 Å². The molecular formula is C19H21FN4O2. The molecule has 7 heteroatoms. The van der Waals surface area contributed by atoms with E-state index in [1.165, 1.54) is 6.07 Å². The van der Waals surface area contributed by atoms with Gasteiger partial charge in [0.25, 0.3) is 0 Å². The third-order valence-corrected chi connectivity index (χ3v) is 4.28. The highest BCUT2D eigenvalue weighted by Crippen LogP contribution is 2.13. The van der Waals surface area contributed by atoms with Gasteiger partial charge >= 0.3 is 5.69 Å². The highest BCUT2D eigenvalue weighted by molar-refractivity contribution is 5.76. The zero-order valence-corrected chi connectivity index (χ0v) is 14.3. The Morgan fingerprint density at radius 3 is 2.62 bits per heavy atom. The van der Waals surface area contributed by atoms with Crippen molar-refractivity contribution >= 4 is 16.9 Å². The minimum absolute atomic E-state index is 0.122. The fourth-order valence-corrected chi connectivity index (χ4v) is 2.83. The number of imidazole rings is 1. The van der Waals surface area contributed by atoms with E-state index in [-0.39, 0.29) is 30.5 Å². The molecule has 136 valence electrons. The number of halogens is 1. The van der Waals surface area contributed by atoms with Crippen LogP contribution in [0.1, 0.15) is 29.5 Å². The van der Waals surface area contributed by atoms with Crippen LogP contribution in [0.3, 0.4) is 0 Å². The Bertz CT molecular complexity index is 977. The monoisotopic (exact) mass is 356 g/mol. The lowest BCUT2D eigenvalue weighted by Crippen LogP contribution is -2.23. The summed E-state index contributed by atoms with van der Waals surface area (Å²) in [6.07, 6.45) is 1.74. The second kappa shape index (κ2) is 7.97. The first kappa shape index (κ1) is 17.9. The summed E-state index contributed by atoms with van der Waals surface area (Å²) in [6, 6.07) is 10.5. The van der Waals surface area contributed by atoms with Crippen LogP contribution in [0, 0.1) is 5.82 Å². The molecule has 0 fully saturated rings. The molecule has 0 aliphatic carbocycles. The molecule has 3 rings (SSSR count). The molecule has 0 spiro atoms. The molecule has 1 aromatic heterocycles. The van der Waals surface area contributed by atoms with Gasteiger partial charge in [0.05, 0.1) is 11.0 Å². The van der Waals surface area contributed by atoms with Crippen LogP contribution >= 0.6 is 0 Å². The number of hydrogen-bond donors (Lipinski definition) is 4. The van der Waals surface area contributed by atoms with Gasteiger partial charge in [-0.05, 0) is 42.2 Å². The second-order valence-corrected chi connectivity index (χ2v) is 6.22. The predicted octanol–water partition coefficient (Wildman–Crippen LogP) is 2.09. The largest absolute Gasteiger partial charge is 0.352 e. The Hall–Kier alpha value is -2.93. The van der Waals surface area contributed by atoms with Crippen LogP contribution in [0.4, 0.5) is 4.39 Å². The van der Waals surface area contributed by atoms with Crippen LogP contribution in [0.2, 0.25) is 0 Å². The van der Waals surface area contributed by atoms with Gasteiger partial charge in [0.2, 0.25) is 5.91 Å². The van der Waals surface area contributed by atoms with Crippen molar-refractivity contribution in [3.63, 3.8) is 0 Å². The molecule has 1 amide bonds. The highest BCUT2D eigenvalue weighted by atomic mass is 19.1. The molecule has 0 radical (unpaired) electrons. The number of nitrogens with two attached hydrogens (primary N) is 1. The molecule has 0 bridgehead atoms. The second-order valence-electron chi connectivity index (χ2n) is 6.22. The Morgan fingerprint density at radius 2 is 1.85 bits per heavy atom. The number of benzene rings is 2. The standard InChI is InChI=1S/C19H21FN4O2/c20-15-8-13(10-21)4-6-14(15)11-22-18(25)3-1-2-12-5-7-16-17(9-12)24-19(26)23-16/h4-9H,1-3,10-11,21H2,(H,22,25)(H2,23,24,26). The average molecular weight is 356 g/mol. The van der Waals surface area contributed by atoms with Gasteiger partial charge in [-0.2, -0.15) is 0 Å². The van der Waals surface area contributed by atoms with Gasteiger partial charge in [0.1, 0.15) is 5.82 Å². The van der Waals surface area contributed by atoms with E-state index in [4.69, 9.17) is 5.73 Å². The number of hydrogen-bond acceptors (Lipinski definition) is 3. The topological polar surface area (TPSA) is 104 Å². The number of nitrogens with one attached hydrogen (secondary N) is 3. The van der Waals surface area contributed by atoms with Crippen LogP contribution in [0.5, 0.6) is 0 Å². The van der Waals surface area contributed by atoms with E-state index in [9.17, 15) is 14.0 Å². The Morgan fingerprint density at radius 1 is 1.08 bits per heavy atom. The molecule has 0 saturated carbocycles. The molecule has 1 heterocycles. The molecule has 0 aliphatic heterocycles. The zero-order chi connectivity index (χ0) is 18.5. The Labute approximate surface area is 149 Å². The Kier molecular flexibility index (Phi) is 5.48. The maximum absolute atomic E-state index is 13.9. The van der Waals surface area contributed by atoms with Gasteiger partial charge in [-0.15, -0.1) is 0 Å². The number of H-pyrrole nitrogens is 2. The summed E-state index contributed by atoms with van der Waals surface area (Å²) in [6.45, 7) is 0.443. The van der Waals surface area contributed by atoms with Crippen molar-refractivity contribution in [3.05, 3.63) is 69.4 Å². The minimum atomic E-state index is -0.359. The third-order valence-electron chi connectivity index (χ3n) is 4.28. The number of amides is 1. The van der Waals surface area contributed by atoms with Crippen LogP contribution in [0.25, 0.3) is 11.0 Å². The first-order chi connectivity index (χ1) is 12.5. The third kappa shape index (κ3) is 4.37. The summed E-state index contributed by atoms with van der Waals surface area (Å²) >= 11 is 0. The van der Waals surface area contributed by atoms with Crippen molar-refractivity contribution in [2.24, 2.45) is 5.73 Å². The molecule has 6 nitrogen and oxygen atoms in total. The molecule has 0 aliphatic rings. The molecule has 0 saturated heterocycles. The predicted molar refractivity (Wildman–Crippen MR) is 98.0 cm³/mol. The summed E-state index contributed by atoms with van der Waals surface area (Å²) in [4.78, 5) is 28.6. The molecule has 0 atom stereocenters. The van der Waals surface area contributed by atoms with E-state index < -0.39 is 0 Å². The normalized spacial score (nSPS) is 11.0. The highest BCUT2D eigenvalue weighted by Gasteiger charge is 2.07. The summed E-state index contributed by atoms with van der Waals surface area (Å²) < 4.78 is 13.9. The smallest absolute Gasteiger partial charge is 0.323 e. The van der Waals surface area contributed by atoms with Crippen LogP contribution in [-0.2, 0) is 24.3 Å². The average Bonchev–Trinajstić information content (AvgIpc) is 3.00. The van der Waals surface area contributed by atoms with E-state index in [2.05, 4.69) is 15.3 Å². The summed E-state index contributed by atoms with van der Waals surface area (Å²) in [5, 5.41) is 2.73. The maximum Gasteiger partial charge on any atom is 0.323 e. The SMILES string of the molecule is NCc1ccc(CNC(=O)CCCc2ccc3[nH]c(=O)[nH]c3c2)c(F)c1. The van der Waals surface area contributed by atoms with Gasteiger partial charge in [-0.25, -0.2) is 9.18 Å². The van der Waals surface area contributed by atoms with Gasteiger partial charge in [0.15, 0.2) is 0 Å². The van der Waals surface area contributed by atoms with E-state index in [1.54, 1.807) is 12.1 Å². The van der Waals surface area contributed by atoms with Crippen molar-refractivity contribution in [2.75, 3.05) is 0 Å². The molecular weight excluding hydrogens is 335 g/mol. The molecule has 5 N–H and O–H groups in total. The van der Waals surface area contributed by atoms with E-state index in [1.807, 2.05) is 18.2 Å². The number of carbonyl (C=O) groups excluding carboxylic acids is 1. The molecule has 26 heavy (non-hydrogen) atoms. The van der Waals surface area contributed by atoms with Crippen molar-refractivity contribution in [2.45, 2.75) is 32.4 Å². The molecule has 2 aromatic carbocycles. The number of carbonyl (C=O) groups is 1. The number of aromatic nitrogens is 2. The van der Waals surface area contributed by atoms with Crippen molar-refractivity contribution in [3.8, 4) is 0 Å². The van der Waals surface area contributed by atoms with Gasteiger partial charge < -0.3 is 21.0 Å². The van der Waals surface area contributed by atoms with Crippen LogP contribution in [-0.4, -0.2) is 15.9 Å². The lowest BCUT2D eigenvalue weighted by Gasteiger charge is -2.08. The van der Waals surface area contributed by atoms with E-state index in [0.29, 0.717) is 18.4 Å². The lowest BCUT2D eigenvalue weighted by atomic mass is 10.1. The van der Waals surface area contributed by atoms with Crippen molar-refractivity contribution in [1.29, 1.82) is 0 Å². The van der Waals surface area contributed by atoms with Gasteiger partial charge in [0, 0.05) is 25.1 Å². The van der Waals surface area contributed by atoms with Crippen LogP contribution in [0.15, 0.2) is 41.2 Å². The van der Waals surface area contributed by atoms with Crippen molar-refractivity contribution < 1.29 is 9.18 Å². The van der Waals surface area contributed by atoms with E-state index in [0.717, 1.165) is 28.6 Å². The van der Waals surface area contributed by atoms with E-state index >= 15 is 0 Å². The first-order valence-corrected chi connectivity index (χ1v) is 8.50. The fraction of sp³-hybridized carbons (Fsp3) is 0.263.